The van der Waals surface area contributed by atoms with Gasteiger partial charge in [0, 0.05) is 4.88 Å². The third-order valence-electron chi connectivity index (χ3n) is 3.59. The summed E-state index contributed by atoms with van der Waals surface area (Å²) < 4.78 is 5.31. The summed E-state index contributed by atoms with van der Waals surface area (Å²) in [4.78, 5) is 5.90. The van der Waals surface area contributed by atoms with Gasteiger partial charge in [0.25, 0.3) is 0 Å². The molecule has 0 bridgehead atoms. The number of ether oxygens (including phenoxy) is 1. The Hall–Kier alpha value is -1.39. The molecule has 0 aliphatic carbocycles. The number of aryl methyl sites for hydroxylation is 3. The van der Waals surface area contributed by atoms with Gasteiger partial charge in [0.1, 0.15) is 5.75 Å². The van der Waals surface area contributed by atoms with Crippen molar-refractivity contribution >= 4 is 11.3 Å². The number of rotatable bonds is 6. The number of hydrogen-bond donors (Lipinski definition) is 1. The van der Waals surface area contributed by atoms with Crippen LogP contribution in [0.2, 0.25) is 0 Å². The molecule has 0 aliphatic rings. The largest absolute Gasteiger partial charge is 0.497 e. The summed E-state index contributed by atoms with van der Waals surface area (Å²) in [5.41, 5.74) is 3.67. The number of thiazole rings is 1. The summed E-state index contributed by atoms with van der Waals surface area (Å²) in [5.74, 6) is 0.905. The SMILES string of the molecule is CCCNC(c1ccc(OC)cc1C)c1sc(C)nc1C. The predicted molar refractivity (Wildman–Crippen MR) is 89.5 cm³/mol. The molecule has 0 saturated carbocycles. The highest BCUT2D eigenvalue weighted by molar-refractivity contribution is 7.11. The van der Waals surface area contributed by atoms with Crippen molar-refractivity contribution in [1.29, 1.82) is 0 Å². The molecule has 0 amide bonds. The lowest BCUT2D eigenvalue weighted by atomic mass is 9.98. The zero-order valence-electron chi connectivity index (χ0n) is 13.5. The van der Waals surface area contributed by atoms with E-state index in [9.17, 15) is 0 Å². The average molecular weight is 304 g/mol. The van der Waals surface area contributed by atoms with Crippen molar-refractivity contribution in [2.75, 3.05) is 13.7 Å². The molecule has 1 N–H and O–H groups in total. The van der Waals surface area contributed by atoms with E-state index in [0.29, 0.717) is 0 Å². The Bertz CT molecular complexity index is 607. The van der Waals surface area contributed by atoms with Crippen LogP contribution >= 0.6 is 11.3 Å². The van der Waals surface area contributed by atoms with Crippen LogP contribution in [0.15, 0.2) is 18.2 Å². The highest BCUT2D eigenvalue weighted by Crippen LogP contribution is 2.32. The molecular formula is C17H24N2OS. The third-order valence-corrected chi connectivity index (χ3v) is 4.73. The summed E-state index contributed by atoms with van der Waals surface area (Å²) in [6.07, 6.45) is 1.11. The van der Waals surface area contributed by atoms with E-state index in [1.165, 1.54) is 16.0 Å². The second kappa shape index (κ2) is 7.05. The molecule has 2 rings (SSSR count). The molecule has 1 unspecified atom stereocenters. The van der Waals surface area contributed by atoms with Gasteiger partial charge in [-0.05, 0) is 57.0 Å². The maximum Gasteiger partial charge on any atom is 0.119 e. The number of hydrogen-bond acceptors (Lipinski definition) is 4. The van der Waals surface area contributed by atoms with Crippen molar-refractivity contribution < 1.29 is 4.74 Å². The first-order valence-corrected chi connectivity index (χ1v) is 8.20. The zero-order valence-corrected chi connectivity index (χ0v) is 14.3. The summed E-state index contributed by atoms with van der Waals surface area (Å²) in [5, 5.41) is 4.79. The molecule has 0 aliphatic heterocycles. The van der Waals surface area contributed by atoms with E-state index < -0.39 is 0 Å². The van der Waals surface area contributed by atoms with Gasteiger partial charge in [0.2, 0.25) is 0 Å². The van der Waals surface area contributed by atoms with Crippen LogP contribution in [0.1, 0.15) is 46.1 Å². The minimum atomic E-state index is 0.210. The molecule has 114 valence electrons. The minimum absolute atomic E-state index is 0.210. The number of nitrogens with one attached hydrogen (secondary N) is 1. The molecule has 1 aromatic heterocycles. The Kier molecular flexibility index (Phi) is 5.37. The number of benzene rings is 1. The van der Waals surface area contributed by atoms with Gasteiger partial charge >= 0.3 is 0 Å². The fourth-order valence-corrected chi connectivity index (χ4v) is 3.57. The maximum atomic E-state index is 5.31. The molecule has 3 nitrogen and oxygen atoms in total. The maximum absolute atomic E-state index is 5.31. The average Bonchev–Trinajstić information content (AvgIpc) is 2.79. The van der Waals surface area contributed by atoms with Crippen LogP contribution in [0.25, 0.3) is 0 Å². The van der Waals surface area contributed by atoms with Crippen LogP contribution in [0.3, 0.4) is 0 Å². The second-order valence-electron chi connectivity index (χ2n) is 5.29. The molecule has 1 aromatic carbocycles. The monoisotopic (exact) mass is 304 g/mol. The fraction of sp³-hybridized carbons (Fsp3) is 0.471. The smallest absolute Gasteiger partial charge is 0.119 e. The molecule has 4 heteroatoms. The Morgan fingerprint density at radius 1 is 1.29 bits per heavy atom. The van der Waals surface area contributed by atoms with Crippen LogP contribution < -0.4 is 10.1 Å². The third kappa shape index (κ3) is 3.63. The van der Waals surface area contributed by atoms with Crippen molar-refractivity contribution in [3.05, 3.63) is 44.9 Å². The van der Waals surface area contributed by atoms with Crippen LogP contribution in [0.4, 0.5) is 0 Å². The molecule has 2 aromatic rings. The van der Waals surface area contributed by atoms with E-state index in [2.05, 4.69) is 50.1 Å². The first-order chi connectivity index (χ1) is 10.1. The Balaban J connectivity index is 2.42. The Morgan fingerprint density at radius 3 is 2.57 bits per heavy atom. The molecule has 1 heterocycles. The summed E-state index contributed by atoms with van der Waals surface area (Å²) >= 11 is 1.78. The van der Waals surface area contributed by atoms with Gasteiger partial charge in [-0.25, -0.2) is 4.98 Å². The van der Waals surface area contributed by atoms with Gasteiger partial charge in [-0.1, -0.05) is 13.0 Å². The first-order valence-electron chi connectivity index (χ1n) is 7.38. The Labute approximate surface area is 131 Å². The topological polar surface area (TPSA) is 34.1 Å². The normalized spacial score (nSPS) is 12.4. The fourth-order valence-electron chi connectivity index (χ4n) is 2.55. The number of aromatic nitrogens is 1. The van der Waals surface area contributed by atoms with Gasteiger partial charge < -0.3 is 10.1 Å². The van der Waals surface area contributed by atoms with Gasteiger partial charge in [-0.2, -0.15) is 0 Å². The van der Waals surface area contributed by atoms with Crippen LogP contribution in [-0.2, 0) is 0 Å². The van der Waals surface area contributed by atoms with Gasteiger partial charge in [-0.15, -0.1) is 11.3 Å². The van der Waals surface area contributed by atoms with Crippen molar-refractivity contribution in [3.63, 3.8) is 0 Å². The van der Waals surface area contributed by atoms with E-state index in [-0.39, 0.29) is 6.04 Å². The van der Waals surface area contributed by atoms with Crippen LogP contribution in [-0.4, -0.2) is 18.6 Å². The standard InChI is InChI=1S/C17H24N2OS/c1-6-9-18-16(17-12(3)19-13(4)21-17)15-8-7-14(20-5)10-11(15)2/h7-8,10,16,18H,6,9H2,1-5H3. The molecule has 0 spiro atoms. The molecule has 1 atom stereocenters. The van der Waals surface area contributed by atoms with Gasteiger partial charge in [0.05, 0.1) is 23.9 Å². The number of nitrogens with zero attached hydrogens (tertiary/aromatic N) is 1. The van der Waals surface area contributed by atoms with Gasteiger partial charge in [0.15, 0.2) is 0 Å². The summed E-state index contributed by atoms with van der Waals surface area (Å²) in [6, 6.07) is 6.50. The van der Waals surface area contributed by atoms with Gasteiger partial charge in [-0.3, -0.25) is 0 Å². The quantitative estimate of drug-likeness (QED) is 0.870. The highest BCUT2D eigenvalue weighted by atomic mass is 32.1. The van der Waals surface area contributed by atoms with E-state index in [1.54, 1.807) is 18.4 Å². The lowest BCUT2D eigenvalue weighted by Gasteiger charge is -2.21. The molecule has 0 fully saturated rings. The van der Waals surface area contributed by atoms with E-state index in [0.717, 1.165) is 29.4 Å². The number of methoxy groups -OCH3 is 1. The lowest BCUT2D eigenvalue weighted by molar-refractivity contribution is 0.414. The van der Waals surface area contributed by atoms with E-state index in [1.807, 2.05) is 6.07 Å². The minimum Gasteiger partial charge on any atom is -0.497 e. The van der Waals surface area contributed by atoms with Crippen LogP contribution in [0.5, 0.6) is 5.75 Å². The summed E-state index contributed by atoms with van der Waals surface area (Å²) in [7, 11) is 1.71. The van der Waals surface area contributed by atoms with Crippen LogP contribution in [0, 0.1) is 20.8 Å². The molecule has 0 saturated heterocycles. The Morgan fingerprint density at radius 2 is 2.05 bits per heavy atom. The first kappa shape index (κ1) is 16.0. The highest BCUT2D eigenvalue weighted by Gasteiger charge is 2.20. The van der Waals surface area contributed by atoms with E-state index >= 15 is 0 Å². The van der Waals surface area contributed by atoms with E-state index in [4.69, 9.17) is 4.74 Å². The van der Waals surface area contributed by atoms with Crippen molar-refractivity contribution in [3.8, 4) is 5.75 Å². The molecule has 0 radical (unpaired) electrons. The second-order valence-corrected chi connectivity index (χ2v) is 6.53. The van der Waals surface area contributed by atoms with Crippen molar-refractivity contribution in [2.24, 2.45) is 0 Å². The predicted octanol–water partition coefficient (Wildman–Crippen LogP) is 4.17. The molecule has 21 heavy (non-hydrogen) atoms. The van der Waals surface area contributed by atoms with Crippen molar-refractivity contribution in [2.45, 2.75) is 40.2 Å². The zero-order chi connectivity index (χ0) is 15.4. The summed E-state index contributed by atoms with van der Waals surface area (Å²) in [6.45, 7) is 9.49. The van der Waals surface area contributed by atoms with Crippen molar-refractivity contribution in [1.82, 2.24) is 10.3 Å². The molecular weight excluding hydrogens is 280 g/mol. The lowest BCUT2D eigenvalue weighted by Crippen LogP contribution is -2.23.